The standard InChI is InChI=1S/C13H8BrFN2O3/c14-8-1-4-10(5-2-8)16-13(18)11-6-3-9(15)7-12(11)17(19)20/h1-7H,(H,16,18). The van der Waals surface area contributed by atoms with Crippen LogP contribution in [0.1, 0.15) is 10.4 Å². The Bertz CT molecular complexity index is 674. The highest BCUT2D eigenvalue weighted by Crippen LogP contribution is 2.21. The van der Waals surface area contributed by atoms with Crippen molar-refractivity contribution in [3.8, 4) is 0 Å². The van der Waals surface area contributed by atoms with E-state index < -0.39 is 22.3 Å². The number of carbonyl (C=O) groups excluding carboxylic acids is 1. The number of nitro benzene ring substituents is 1. The zero-order valence-electron chi connectivity index (χ0n) is 9.97. The second kappa shape index (κ2) is 5.79. The van der Waals surface area contributed by atoms with Crippen LogP contribution >= 0.6 is 15.9 Å². The largest absolute Gasteiger partial charge is 0.322 e. The summed E-state index contributed by atoms with van der Waals surface area (Å²) in [6.45, 7) is 0. The molecule has 0 radical (unpaired) electrons. The molecule has 0 bridgehead atoms. The molecule has 0 aliphatic heterocycles. The number of hydrogen-bond acceptors (Lipinski definition) is 3. The van der Waals surface area contributed by atoms with E-state index in [2.05, 4.69) is 21.2 Å². The number of nitrogens with zero attached hydrogens (tertiary/aromatic N) is 1. The molecule has 1 N–H and O–H groups in total. The second-order valence-corrected chi connectivity index (χ2v) is 4.80. The summed E-state index contributed by atoms with van der Waals surface area (Å²) in [6.07, 6.45) is 0. The van der Waals surface area contributed by atoms with Gasteiger partial charge < -0.3 is 5.32 Å². The number of amides is 1. The zero-order valence-corrected chi connectivity index (χ0v) is 11.6. The van der Waals surface area contributed by atoms with Crippen molar-refractivity contribution in [2.45, 2.75) is 0 Å². The lowest BCUT2D eigenvalue weighted by Gasteiger charge is -2.06. The Morgan fingerprint density at radius 2 is 1.85 bits per heavy atom. The highest BCUT2D eigenvalue weighted by atomic mass is 79.9. The Hall–Kier alpha value is -2.28. The molecule has 102 valence electrons. The van der Waals surface area contributed by atoms with Crippen molar-refractivity contribution in [1.29, 1.82) is 0 Å². The molecule has 0 aromatic heterocycles. The maximum Gasteiger partial charge on any atom is 0.285 e. The van der Waals surface area contributed by atoms with Gasteiger partial charge in [0.05, 0.1) is 11.0 Å². The van der Waals surface area contributed by atoms with Gasteiger partial charge in [0, 0.05) is 10.2 Å². The van der Waals surface area contributed by atoms with E-state index in [1.54, 1.807) is 24.3 Å². The molecule has 0 saturated carbocycles. The molecule has 0 heterocycles. The van der Waals surface area contributed by atoms with Gasteiger partial charge in [0.25, 0.3) is 11.6 Å². The van der Waals surface area contributed by atoms with Crippen molar-refractivity contribution >= 4 is 33.2 Å². The Balaban J connectivity index is 2.29. The monoisotopic (exact) mass is 338 g/mol. The molecule has 0 unspecified atom stereocenters. The molecule has 0 saturated heterocycles. The summed E-state index contributed by atoms with van der Waals surface area (Å²) in [7, 11) is 0. The van der Waals surface area contributed by atoms with E-state index >= 15 is 0 Å². The SMILES string of the molecule is O=C(Nc1ccc(Br)cc1)c1ccc(F)cc1[N+](=O)[O-]. The van der Waals surface area contributed by atoms with Gasteiger partial charge in [-0.05, 0) is 36.4 Å². The fraction of sp³-hybridized carbons (Fsp3) is 0. The van der Waals surface area contributed by atoms with E-state index in [-0.39, 0.29) is 5.56 Å². The predicted molar refractivity (Wildman–Crippen MR) is 75.1 cm³/mol. The minimum absolute atomic E-state index is 0.195. The van der Waals surface area contributed by atoms with E-state index in [1.807, 2.05) is 0 Å². The van der Waals surface area contributed by atoms with Gasteiger partial charge in [0.15, 0.2) is 0 Å². The molecule has 2 aromatic rings. The minimum Gasteiger partial charge on any atom is -0.322 e. The van der Waals surface area contributed by atoms with Crippen molar-refractivity contribution in [1.82, 2.24) is 0 Å². The number of carbonyl (C=O) groups is 1. The van der Waals surface area contributed by atoms with Gasteiger partial charge >= 0.3 is 0 Å². The molecule has 7 heteroatoms. The van der Waals surface area contributed by atoms with Crippen LogP contribution in [0.3, 0.4) is 0 Å². The van der Waals surface area contributed by atoms with E-state index in [4.69, 9.17) is 0 Å². The minimum atomic E-state index is -0.792. The lowest BCUT2D eigenvalue weighted by molar-refractivity contribution is -0.385. The fourth-order valence-corrected chi connectivity index (χ4v) is 1.84. The van der Waals surface area contributed by atoms with E-state index in [0.29, 0.717) is 5.69 Å². The topological polar surface area (TPSA) is 72.2 Å². The number of benzene rings is 2. The summed E-state index contributed by atoms with van der Waals surface area (Å²) < 4.78 is 13.8. The summed E-state index contributed by atoms with van der Waals surface area (Å²) in [5, 5.41) is 13.3. The molecule has 0 aliphatic carbocycles. The van der Waals surface area contributed by atoms with E-state index in [0.717, 1.165) is 22.7 Å². The van der Waals surface area contributed by atoms with Crippen molar-refractivity contribution in [2.24, 2.45) is 0 Å². The van der Waals surface area contributed by atoms with E-state index in [9.17, 15) is 19.3 Å². The van der Waals surface area contributed by atoms with Crippen LogP contribution in [-0.4, -0.2) is 10.8 Å². The third kappa shape index (κ3) is 3.18. The molecule has 2 rings (SSSR count). The first-order valence-electron chi connectivity index (χ1n) is 5.48. The summed E-state index contributed by atoms with van der Waals surface area (Å²) >= 11 is 3.25. The highest BCUT2D eigenvalue weighted by molar-refractivity contribution is 9.10. The van der Waals surface area contributed by atoms with Crippen LogP contribution in [0.25, 0.3) is 0 Å². The molecule has 2 aromatic carbocycles. The maximum atomic E-state index is 13.0. The third-order valence-corrected chi connectivity index (χ3v) is 3.03. The van der Waals surface area contributed by atoms with Crippen LogP contribution in [0.2, 0.25) is 0 Å². The average Bonchev–Trinajstić information content (AvgIpc) is 2.41. The summed E-state index contributed by atoms with van der Waals surface area (Å²) in [4.78, 5) is 22.0. The number of nitrogens with one attached hydrogen (secondary N) is 1. The molecule has 0 fully saturated rings. The molecule has 0 spiro atoms. The van der Waals surface area contributed by atoms with Gasteiger partial charge in [-0.1, -0.05) is 15.9 Å². The number of rotatable bonds is 3. The average molecular weight is 339 g/mol. The molecule has 20 heavy (non-hydrogen) atoms. The number of anilines is 1. The maximum absolute atomic E-state index is 13.0. The molecule has 5 nitrogen and oxygen atoms in total. The quantitative estimate of drug-likeness (QED) is 0.684. The molecule has 0 atom stereocenters. The normalized spacial score (nSPS) is 10.1. The van der Waals surface area contributed by atoms with Crippen LogP contribution in [0.5, 0.6) is 0 Å². The number of halogens is 2. The van der Waals surface area contributed by atoms with Crippen molar-refractivity contribution in [2.75, 3.05) is 5.32 Å². The lowest BCUT2D eigenvalue weighted by Crippen LogP contribution is -2.14. The molecular formula is C13H8BrFN2O3. The van der Waals surface area contributed by atoms with Crippen LogP contribution in [-0.2, 0) is 0 Å². The summed E-state index contributed by atoms with van der Waals surface area (Å²) in [5.41, 5.74) is -0.282. The number of nitro groups is 1. The van der Waals surface area contributed by atoms with Crippen molar-refractivity contribution in [3.63, 3.8) is 0 Å². The Kier molecular flexibility index (Phi) is 4.09. The van der Waals surface area contributed by atoms with Crippen molar-refractivity contribution < 1.29 is 14.1 Å². The first kappa shape index (κ1) is 14.1. The van der Waals surface area contributed by atoms with Gasteiger partial charge in [0.2, 0.25) is 0 Å². The molecular weight excluding hydrogens is 331 g/mol. The van der Waals surface area contributed by atoms with Crippen LogP contribution < -0.4 is 5.32 Å². The van der Waals surface area contributed by atoms with Crippen LogP contribution in [0.15, 0.2) is 46.9 Å². The Morgan fingerprint density at radius 1 is 1.20 bits per heavy atom. The summed E-state index contributed by atoms with van der Waals surface area (Å²) in [6, 6.07) is 9.51. The van der Waals surface area contributed by atoms with Gasteiger partial charge in [-0.25, -0.2) is 4.39 Å². The smallest absolute Gasteiger partial charge is 0.285 e. The summed E-state index contributed by atoms with van der Waals surface area (Å²) in [5.74, 6) is -1.43. The van der Waals surface area contributed by atoms with Gasteiger partial charge in [-0.2, -0.15) is 0 Å². The Labute approximate surface area is 121 Å². The predicted octanol–water partition coefficient (Wildman–Crippen LogP) is 3.75. The first-order valence-corrected chi connectivity index (χ1v) is 6.27. The zero-order chi connectivity index (χ0) is 14.7. The first-order chi connectivity index (χ1) is 9.47. The fourth-order valence-electron chi connectivity index (χ4n) is 1.58. The van der Waals surface area contributed by atoms with Crippen LogP contribution in [0, 0.1) is 15.9 Å². The highest BCUT2D eigenvalue weighted by Gasteiger charge is 2.20. The number of hydrogen-bond donors (Lipinski definition) is 1. The van der Waals surface area contributed by atoms with Gasteiger partial charge in [-0.15, -0.1) is 0 Å². The van der Waals surface area contributed by atoms with Crippen molar-refractivity contribution in [3.05, 3.63) is 68.4 Å². The lowest BCUT2D eigenvalue weighted by atomic mass is 10.1. The Morgan fingerprint density at radius 3 is 2.45 bits per heavy atom. The van der Waals surface area contributed by atoms with Gasteiger partial charge in [-0.3, -0.25) is 14.9 Å². The third-order valence-electron chi connectivity index (χ3n) is 2.50. The van der Waals surface area contributed by atoms with Crippen LogP contribution in [0.4, 0.5) is 15.8 Å². The second-order valence-electron chi connectivity index (χ2n) is 3.88. The molecule has 1 amide bonds. The van der Waals surface area contributed by atoms with E-state index in [1.165, 1.54) is 0 Å². The van der Waals surface area contributed by atoms with Gasteiger partial charge in [0.1, 0.15) is 11.4 Å². The molecule has 0 aliphatic rings.